The summed E-state index contributed by atoms with van der Waals surface area (Å²) in [7, 11) is 0. The summed E-state index contributed by atoms with van der Waals surface area (Å²) in [6.07, 6.45) is 5.83. The van der Waals surface area contributed by atoms with Crippen molar-refractivity contribution in [1.82, 2.24) is 0 Å². The Morgan fingerprint density at radius 2 is 2.45 bits per heavy atom. The fourth-order valence-corrected chi connectivity index (χ4v) is 1.31. The minimum Gasteiger partial charge on any atom is -0.244 e. The van der Waals surface area contributed by atoms with Crippen LogP contribution in [0.2, 0.25) is 0 Å². The summed E-state index contributed by atoms with van der Waals surface area (Å²) in [6.45, 7) is 0.150. The maximum absolute atomic E-state index is 11.9. The SMILES string of the molecule is CSc1ccc[n+](CCF)c1. The normalized spacial score (nSPS) is 10.0. The quantitative estimate of drug-likeness (QED) is 0.495. The standard InChI is InChI=1S/C8H11FNS/c1-11-8-3-2-5-10(7-8)6-4-9/h2-3,5,7H,4,6H2,1H3/q+1. The average molecular weight is 172 g/mol. The van der Waals surface area contributed by atoms with Gasteiger partial charge >= 0.3 is 0 Å². The minimum atomic E-state index is -0.303. The van der Waals surface area contributed by atoms with Crippen molar-refractivity contribution in [3.63, 3.8) is 0 Å². The number of thioether (sulfide) groups is 1. The Kier molecular flexibility index (Phi) is 3.36. The molecule has 0 saturated heterocycles. The molecule has 0 unspecified atom stereocenters. The molecule has 60 valence electrons. The van der Waals surface area contributed by atoms with E-state index >= 15 is 0 Å². The van der Waals surface area contributed by atoms with Crippen LogP contribution in [-0.4, -0.2) is 12.9 Å². The number of hydrogen-bond acceptors (Lipinski definition) is 1. The number of nitrogens with zero attached hydrogens (tertiary/aromatic N) is 1. The highest BCUT2D eigenvalue weighted by atomic mass is 32.2. The van der Waals surface area contributed by atoms with Crippen molar-refractivity contribution in [2.45, 2.75) is 11.4 Å². The molecule has 0 aromatic carbocycles. The van der Waals surface area contributed by atoms with E-state index in [1.54, 1.807) is 11.8 Å². The van der Waals surface area contributed by atoms with Crippen LogP contribution in [-0.2, 0) is 6.54 Å². The monoisotopic (exact) mass is 172 g/mol. The lowest BCUT2D eigenvalue weighted by Crippen LogP contribution is -2.33. The smallest absolute Gasteiger partial charge is 0.182 e. The van der Waals surface area contributed by atoms with Gasteiger partial charge in [0.05, 0.1) is 4.90 Å². The van der Waals surface area contributed by atoms with Gasteiger partial charge in [-0.3, -0.25) is 0 Å². The van der Waals surface area contributed by atoms with Gasteiger partial charge in [-0.2, -0.15) is 0 Å². The first-order valence-electron chi connectivity index (χ1n) is 3.46. The summed E-state index contributed by atoms with van der Waals surface area (Å²) >= 11 is 1.67. The molecule has 0 aliphatic carbocycles. The highest BCUT2D eigenvalue weighted by molar-refractivity contribution is 7.98. The zero-order valence-electron chi connectivity index (χ0n) is 6.46. The van der Waals surface area contributed by atoms with Crippen LogP contribution >= 0.6 is 11.8 Å². The van der Waals surface area contributed by atoms with Gasteiger partial charge in [0.25, 0.3) is 0 Å². The molecule has 3 heteroatoms. The van der Waals surface area contributed by atoms with E-state index < -0.39 is 0 Å². The van der Waals surface area contributed by atoms with E-state index in [-0.39, 0.29) is 6.67 Å². The van der Waals surface area contributed by atoms with Gasteiger partial charge in [0.2, 0.25) is 0 Å². The van der Waals surface area contributed by atoms with E-state index in [1.807, 2.05) is 35.3 Å². The van der Waals surface area contributed by atoms with Gasteiger partial charge in [-0.15, -0.1) is 11.8 Å². The van der Waals surface area contributed by atoms with E-state index in [4.69, 9.17) is 0 Å². The lowest BCUT2D eigenvalue weighted by atomic mass is 10.5. The van der Waals surface area contributed by atoms with E-state index in [9.17, 15) is 4.39 Å². The van der Waals surface area contributed by atoms with Crippen LogP contribution in [0.15, 0.2) is 29.4 Å². The molecule has 1 aromatic rings. The van der Waals surface area contributed by atoms with Crippen LogP contribution in [0.1, 0.15) is 0 Å². The van der Waals surface area contributed by atoms with Crippen molar-refractivity contribution in [2.75, 3.05) is 12.9 Å². The highest BCUT2D eigenvalue weighted by Crippen LogP contribution is 2.09. The molecule has 0 aliphatic rings. The second-order valence-corrected chi connectivity index (χ2v) is 3.05. The zero-order valence-corrected chi connectivity index (χ0v) is 7.27. The Bertz CT molecular complexity index is 227. The fraction of sp³-hybridized carbons (Fsp3) is 0.375. The molecule has 1 aromatic heterocycles. The molecule has 0 aliphatic heterocycles. The second-order valence-electron chi connectivity index (χ2n) is 2.17. The Morgan fingerprint density at radius 3 is 3.09 bits per heavy atom. The summed E-state index contributed by atoms with van der Waals surface area (Å²) in [6, 6.07) is 3.95. The summed E-state index contributed by atoms with van der Waals surface area (Å²) in [5.41, 5.74) is 0. The third kappa shape index (κ3) is 2.50. The highest BCUT2D eigenvalue weighted by Gasteiger charge is 1.99. The number of hydrogen-bond donors (Lipinski definition) is 0. The van der Waals surface area contributed by atoms with Crippen molar-refractivity contribution in [3.05, 3.63) is 24.5 Å². The molecular formula is C8H11FNS+. The summed E-state index contributed by atoms with van der Waals surface area (Å²) in [4.78, 5) is 1.17. The van der Waals surface area contributed by atoms with Crippen LogP contribution < -0.4 is 4.57 Å². The number of aryl methyl sites for hydroxylation is 1. The predicted octanol–water partition coefficient (Wildman–Crippen LogP) is 1.67. The maximum Gasteiger partial charge on any atom is 0.182 e. The molecule has 0 radical (unpaired) electrons. The lowest BCUT2D eigenvalue weighted by Gasteiger charge is -1.94. The largest absolute Gasteiger partial charge is 0.244 e. The zero-order chi connectivity index (χ0) is 8.10. The van der Waals surface area contributed by atoms with Gasteiger partial charge in [-0.05, 0) is 12.3 Å². The van der Waals surface area contributed by atoms with Crippen molar-refractivity contribution >= 4 is 11.8 Å². The molecule has 0 atom stereocenters. The molecule has 0 bridgehead atoms. The molecule has 0 amide bonds. The first-order chi connectivity index (χ1) is 5.36. The van der Waals surface area contributed by atoms with Gasteiger partial charge < -0.3 is 0 Å². The van der Waals surface area contributed by atoms with Crippen LogP contribution in [0.4, 0.5) is 4.39 Å². The van der Waals surface area contributed by atoms with Crippen LogP contribution in [0.5, 0.6) is 0 Å². The molecule has 0 spiro atoms. The summed E-state index contributed by atoms with van der Waals surface area (Å²) in [5, 5.41) is 0. The average Bonchev–Trinajstić information content (AvgIpc) is 2.06. The van der Waals surface area contributed by atoms with Gasteiger partial charge in [0.15, 0.2) is 18.9 Å². The van der Waals surface area contributed by atoms with Crippen molar-refractivity contribution in [2.24, 2.45) is 0 Å². The molecule has 11 heavy (non-hydrogen) atoms. The Hall–Kier alpha value is -0.570. The third-order valence-corrected chi connectivity index (χ3v) is 2.12. The first-order valence-corrected chi connectivity index (χ1v) is 4.68. The fourth-order valence-electron chi connectivity index (χ4n) is 0.855. The molecule has 0 saturated carbocycles. The predicted molar refractivity (Wildman–Crippen MR) is 44.4 cm³/mol. The van der Waals surface area contributed by atoms with Gasteiger partial charge in [-0.25, -0.2) is 8.96 Å². The Labute approximate surface area is 70.2 Å². The second kappa shape index (κ2) is 4.34. The van der Waals surface area contributed by atoms with E-state index in [0.29, 0.717) is 6.54 Å². The number of aromatic nitrogens is 1. The first kappa shape index (κ1) is 8.53. The van der Waals surface area contributed by atoms with E-state index in [0.717, 1.165) is 0 Å². The van der Waals surface area contributed by atoms with Gasteiger partial charge in [-0.1, -0.05) is 0 Å². The Morgan fingerprint density at radius 1 is 1.64 bits per heavy atom. The van der Waals surface area contributed by atoms with Crippen molar-refractivity contribution in [1.29, 1.82) is 0 Å². The van der Waals surface area contributed by atoms with E-state index in [1.165, 1.54) is 4.90 Å². The topological polar surface area (TPSA) is 3.88 Å². The minimum absolute atomic E-state index is 0.303. The lowest BCUT2D eigenvalue weighted by molar-refractivity contribution is -0.698. The molecular weight excluding hydrogens is 161 g/mol. The van der Waals surface area contributed by atoms with Gasteiger partial charge in [0, 0.05) is 6.07 Å². The Balaban J connectivity index is 2.74. The maximum atomic E-state index is 11.9. The van der Waals surface area contributed by atoms with Gasteiger partial charge in [0.1, 0.15) is 6.67 Å². The number of rotatable bonds is 3. The molecule has 1 rings (SSSR count). The van der Waals surface area contributed by atoms with Crippen LogP contribution in [0.25, 0.3) is 0 Å². The number of pyridine rings is 1. The third-order valence-electron chi connectivity index (χ3n) is 1.41. The molecule has 0 N–H and O–H groups in total. The van der Waals surface area contributed by atoms with Crippen LogP contribution in [0.3, 0.4) is 0 Å². The van der Waals surface area contributed by atoms with Crippen LogP contribution in [0, 0.1) is 0 Å². The van der Waals surface area contributed by atoms with Crippen molar-refractivity contribution < 1.29 is 8.96 Å². The number of alkyl halides is 1. The molecule has 1 nitrogen and oxygen atoms in total. The molecule has 1 heterocycles. The van der Waals surface area contributed by atoms with E-state index in [2.05, 4.69) is 0 Å². The molecule has 0 fully saturated rings. The number of halogens is 1. The summed E-state index contributed by atoms with van der Waals surface area (Å²) in [5.74, 6) is 0. The van der Waals surface area contributed by atoms with Crippen molar-refractivity contribution in [3.8, 4) is 0 Å². The summed E-state index contributed by atoms with van der Waals surface area (Å²) < 4.78 is 13.7.